The number of hydrogen-bond donors (Lipinski definition) is 1. The van der Waals surface area contributed by atoms with Crippen LogP contribution in [0.15, 0.2) is 29.1 Å². The summed E-state index contributed by atoms with van der Waals surface area (Å²) >= 11 is 0. The molecule has 1 aliphatic rings. The van der Waals surface area contributed by atoms with Gasteiger partial charge in [-0.2, -0.15) is 0 Å². The van der Waals surface area contributed by atoms with Gasteiger partial charge in [0.1, 0.15) is 11.6 Å². The van der Waals surface area contributed by atoms with Gasteiger partial charge in [-0.15, -0.1) is 0 Å². The van der Waals surface area contributed by atoms with Gasteiger partial charge >= 0.3 is 0 Å². The van der Waals surface area contributed by atoms with Crippen molar-refractivity contribution in [3.8, 4) is 17.1 Å². The van der Waals surface area contributed by atoms with Crippen molar-refractivity contribution in [2.45, 2.75) is 32.1 Å². The molecule has 20 heavy (non-hydrogen) atoms. The number of aryl methyl sites for hydroxylation is 1. The van der Waals surface area contributed by atoms with Gasteiger partial charge in [0.15, 0.2) is 0 Å². The number of fused-ring (bicyclic) bond motifs is 1. The van der Waals surface area contributed by atoms with Gasteiger partial charge < -0.3 is 9.72 Å². The summed E-state index contributed by atoms with van der Waals surface area (Å²) in [6.45, 7) is 0. The van der Waals surface area contributed by atoms with E-state index in [-0.39, 0.29) is 5.56 Å². The third-order valence-corrected chi connectivity index (χ3v) is 3.80. The van der Waals surface area contributed by atoms with Crippen molar-refractivity contribution in [3.05, 3.63) is 45.9 Å². The van der Waals surface area contributed by atoms with E-state index in [4.69, 9.17) is 4.74 Å². The molecule has 4 heteroatoms. The molecule has 0 atom stereocenters. The Kier molecular flexibility index (Phi) is 3.54. The van der Waals surface area contributed by atoms with Gasteiger partial charge in [-0.1, -0.05) is 6.42 Å². The third kappa shape index (κ3) is 2.46. The van der Waals surface area contributed by atoms with E-state index in [1.54, 1.807) is 7.11 Å². The van der Waals surface area contributed by atoms with Gasteiger partial charge in [0.25, 0.3) is 5.56 Å². The summed E-state index contributed by atoms with van der Waals surface area (Å²) in [4.78, 5) is 19.8. The van der Waals surface area contributed by atoms with Crippen molar-refractivity contribution in [2.24, 2.45) is 0 Å². The lowest BCUT2D eigenvalue weighted by atomic mass is 10.1. The van der Waals surface area contributed by atoms with E-state index < -0.39 is 0 Å². The molecule has 1 aromatic heterocycles. The SMILES string of the molecule is COc1ccc(-c2nc3c(c(=O)[nH]2)CCCCC3)cc1. The zero-order chi connectivity index (χ0) is 13.9. The average Bonchev–Trinajstić information content (AvgIpc) is 2.73. The molecule has 104 valence electrons. The molecule has 1 aliphatic carbocycles. The van der Waals surface area contributed by atoms with Crippen LogP contribution in [0.4, 0.5) is 0 Å². The maximum atomic E-state index is 12.2. The number of H-pyrrole nitrogens is 1. The van der Waals surface area contributed by atoms with E-state index in [0.717, 1.165) is 48.3 Å². The Morgan fingerprint density at radius 3 is 2.60 bits per heavy atom. The number of hydrogen-bond acceptors (Lipinski definition) is 3. The molecule has 0 radical (unpaired) electrons. The monoisotopic (exact) mass is 270 g/mol. The molecule has 1 N–H and O–H groups in total. The molecule has 4 nitrogen and oxygen atoms in total. The first-order valence-corrected chi connectivity index (χ1v) is 7.04. The summed E-state index contributed by atoms with van der Waals surface area (Å²) in [5.41, 5.74) is 2.77. The van der Waals surface area contributed by atoms with Crippen LogP contribution in [0.5, 0.6) is 5.75 Å². The van der Waals surface area contributed by atoms with Crippen LogP contribution >= 0.6 is 0 Å². The van der Waals surface area contributed by atoms with E-state index in [2.05, 4.69) is 9.97 Å². The first-order valence-electron chi connectivity index (χ1n) is 7.04. The zero-order valence-corrected chi connectivity index (χ0v) is 11.6. The molecular weight excluding hydrogens is 252 g/mol. The summed E-state index contributed by atoms with van der Waals surface area (Å²) in [5.74, 6) is 1.45. The fraction of sp³-hybridized carbons (Fsp3) is 0.375. The van der Waals surface area contributed by atoms with Gasteiger partial charge in [0.2, 0.25) is 0 Å². The standard InChI is InChI=1S/C16H18N2O2/c1-20-12-9-7-11(8-10-12)15-17-14-6-4-2-3-5-13(14)16(19)18-15/h7-10H,2-6H2,1H3,(H,17,18,19). The van der Waals surface area contributed by atoms with Crippen molar-refractivity contribution in [1.29, 1.82) is 0 Å². The number of aromatic amines is 1. The lowest BCUT2D eigenvalue weighted by Crippen LogP contribution is -2.18. The smallest absolute Gasteiger partial charge is 0.254 e. The van der Waals surface area contributed by atoms with Crippen molar-refractivity contribution < 1.29 is 4.74 Å². The molecule has 0 saturated carbocycles. The first kappa shape index (κ1) is 12.9. The fourth-order valence-electron chi connectivity index (χ4n) is 2.67. The van der Waals surface area contributed by atoms with E-state index in [1.807, 2.05) is 24.3 Å². The largest absolute Gasteiger partial charge is 0.497 e. The number of benzene rings is 1. The second-order valence-electron chi connectivity index (χ2n) is 5.13. The predicted octanol–water partition coefficient (Wildman–Crippen LogP) is 2.71. The number of nitrogens with zero attached hydrogens (tertiary/aromatic N) is 1. The van der Waals surface area contributed by atoms with Gasteiger partial charge in [-0.05, 0) is 49.9 Å². The minimum atomic E-state index is 0.0164. The van der Waals surface area contributed by atoms with Crippen LogP contribution < -0.4 is 10.3 Å². The molecule has 0 spiro atoms. The van der Waals surface area contributed by atoms with Crippen LogP contribution in [0.25, 0.3) is 11.4 Å². The molecule has 0 amide bonds. The van der Waals surface area contributed by atoms with Crippen LogP contribution in [-0.4, -0.2) is 17.1 Å². The van der Waals surface area contributed by atoms with E-state index in [1.165, 1.54) is 6.42 Å². The molecule has 0 bridgehead atoms. The normalized spacial score (nSPS) is 14.4. The highest BCUT2D eigenvalue weighted by Crippen LogP contribution is 2.21. The van der Waals surface area contributed by atoms with Crippen LogP contribution in [0.1, 0.15) is 30.5 Å². The average molecular weight is 270 g/mol. The topological polar surface area (TPSA) is 55.0 Å². The summed E-state index contributed by atoms with van der Waals surface area (Å²) in [7, 11) is 1.64. The molecule has 2 aromatic rings. The van der Waals surface area contributed by atoms with Gasteiger partial charge in [0, 0.05) is 11.1 Å². The molecule has 0 fully saturated rings. The van der Waals surface area contributed by atoms with Crippen molar-refractivity contribution in [1.82, 2.24) is 9.97 Å². The van der Waals surface area contributed by atoms with Crippen LogP contribution in [-0.2, 0) is 12.8 Å². The fourth-order valence-corrected chi connectivity index (χ4v) is 2.67. The van der Waals surface area contributed by atoms with Gasteiger partial charge in [-0.3, -0.25) is 4.79 Å². The highest BCUT2D eigenvalue weighted by atomic mass is 16.5. The zero-order valence-electron chi connectivity index (χ0n) is 11.6. The summed E-state index contributed by atoms with van der Waals surface area (Å²) < 4.78 is 5.14. The quantitative estimate of drug-likeness (QED) is 0.854. The molecule has 3 rings (SSSR count). The third-order valence-electron chi connectivity index (χ3n) is 3.80. The number of aromatic nitrogens is 2. The molecular formula is C16H18N2O2. The van der Waals surface area contributed by atoms with Crippen molar-refractivity contribution >= 4 is 0 Å². The minimum absolute atomic E-state index is 0.0164. The second kappa shape index (κ2) is 5.49. The van der Waals surface area contributed by atoms with E-state index in [0.29, 0.717) is 5.82 Å². The second-order valence-corrected chi connectivity index (χ2v) is 5.13. The Morgan fingerprint density at radius 2 is 1.85 bits per heavy atom. The lowest BCUT2D eigenvalue weighted by Gasteiger charge is -2.08. The maximum Gasteiger partial charge on any atom is 0.254 e. The van der Waals surface area contributed by atoms with Crippen molar-refractivity contribution in [2.75, 3.05) is 7.11 Å². The summed E-state index contributed by atoms with van der Waals surface area (Å²) in [6, 6.07) is 7.59. The Morgan fingerprint density at radius 1 is 1.10 bits per heavy atom. The first-order chi connectivity index (χ1) is 9.78. The predicted molar refractivity (Wildman–Crippen MR) is 78.1 cm³/mol. The molecule has 1 aromatic carbocycles. The summed E-state index contributed by atoms with van der Waals surface area (Å²) in [6.07, 6.45) is 5.13. The molecule has 0 saturated heterocycles. The Balaban J connectivity index is 2.03. The molecule has 1 heterocycles. The number of ether oxygens (including phenoxy) is 1. The van der Waals surface area contributed by atoms with E-state index in [9.17, 15) is 4.79 Å². The van der Waals surface area contributed by atoms with Crippen molar-refractivity contribution in [3.63, 3.8) is 0 Å². The molecule has 0 aliphatic heterocycles. The Hall–Kier alpha value is -2.10. The summed E-state index contributed by atoms with van der Waals surface area (Å²) in [5, 5.41) is 0. The van der Waals surface area contributed by atoms with Crippen LogP contribution in [0, 0.1) is 0 Å². The van der Waals surface area contributed by atoms with E-state index >= 15 is 0 Å². The number of methoxy groups -OCH3 is 1. The number of nitrogens with one attached hydrogen (secondary N) is 1. The van der Waals surface area contributed by atoms with Crippen LogP contribution in [0.2, 0.25) is 0 Å². The maximum absolute atomic E-state index is 12.2. The lowest BCUT2D eigenvalue weighted by molar-refractivity contribution is 0.415. The molecule has 0 unspecified atom stereocenters. The number of rotatable bonds is 2. The minimum Gasteiger partial charge on any atom is -0.497 e. The van der Waals surface area contributed by atoms with Gasteiger partial charge in [0.05, 0.1) is 12.8 Å². The highest BCUT2D eigenvalue weighted by molar-refractivity contribution is 5.56. The van der Waals surface area contributed by atoms with Crippen LogP contribution in [0.3, 0.4) is 0 Å². The highest BCUT2D eigenvalue weighted by Gasteiger charge is 2.14. The van der Waals surface area contributed by atoms with Gasteiger partial charge in [-0.25, -0.2) is 4.98 Å². The Labute approximate surface area is 117 Å². The Bertz CT molecular complexity index is 659.